The van der Waals surface area contributed by atoms with E-state index in [4.69, 9.17) is 9.29 Å². The molecule has 7 nitrogen and oxygen atoms in total. The zero-order valence-electron chi connectivity index (χ0n) is 19.5. The van der Waals surface area contributed by atoms with Crippen molar-refractivity contribution in [2.24, 2.45) is 0 Å². The van der Waals surface area contributed by atoms with Gasteiger partial charge in [0.25, 0.3) is 11.3 Å². The highest BCUT2D eigenvalue weighted by Gasteiger charge is 2.33. The van der Waals surface area contributed by atoms with E-state index in [9.17, 15) is 26.6 Å². The highest BCUT2D eigenvalue weighted by atomic mass is 32.2. The molecule has 0 bridgehead atoms. The summed E-state index contributed by atoms with van der Waals surface area (Å²) in [4.78, 5) is 16.3. The second-order valence-corrected chi connectivity index (χ2v) is 8.96. The Morgan fingerprint density at radius 3 is 2.42 bits per heavy atom. The van der Waals surface area contributed by atoms with E-state index in [0.717, 1.165) is 22.0 Å². The zero-order valence-corrected chi connectivity index (χ0v) is 20.3. The minimum Gasteiger partial charge on any atom is -0.439 e. The van der Waals surface area contributed by atoms with E-state index >= 15 is 0 Å². The van der Waals surface area contributed by atoms with Gasteiger partial charge in [-0.3, -0.25) is 13.7 Å². The van der Waals surface area contributed by atoms with E-state index in [2.05, 4.69) is 10.3 Å². The van der Waals surface area contributed by atoms with Crippen LogP contribution in [0.4, 0.5) is 23.2 Å². The van der Waals surface area contributed by atoms with Gasteiger partial charge in [0.15, 0.2) is 0 Å². The first-order chi connectivity index (χ1) is 16.9. The summed E-state index contributed by atoms with van der Waals surface area (Å²) in [5, 5.41) is 2.60. The Kier molecular flexibility index (Phi) is 8.31. The Morgan fingerprint density at radius 1 is 1.17 bits per heavy atom. The summed E-state index contributed by atoms with van der Waals surface area (Å²) in [6.45, 7) is 3.17. The van der Waals surface area contributed by atoms with Crippen LogP contribution >= 0.6 is 0 Å². The summed E-state index contributed by atoms with van der Waals surface area (Å²) in [6.07, 6.45) is -4.69. The van der Waals surface area contributed by atoms with E-state index in [1.165, 1.54) is 32.2 Å². The van der Waals surface area contributed by atoms with Crippen molar-refractivity contribution in [2.45, 2.75) is 32.5 Å². The van der Waals surface area contributed by atoms with Crippen molar-refractivity contribution in [2.75, 3.05) is 11.4 Å². The smallest absolute Gasteiger partial charge is 0.433 e. The van der Waals surface area contributed by atoms with Crippen LogP contribution in [-0.2, 0) is 28.8 Å². The van der Waals surface area contributed by atoms with Crippen LogP contribution in [0.5, 0.6) is 11.6 Å². The van der Waals surface area contributed by atoms with Gasteiger partial charge in [-0.05, 0) is 55.8 Å². The maximum absolute atomic E-state index is 14.4. The lowest BCUT2D eigenvalue weighted by Crippen LogP contribution is -2.28. The van der Waals surface area contributed by atoms with Gasteiger partial charge in [-0.1, -0.05) is 23.8 Å². The molecule has 1 heterocycles. The molecular formula is C24H23F4N3O4S. The van der Waals surface area contributed by atoms with Gasteiger partial charge >= 0.3 is 6.18 Å². The SMILES string of the molecule is Cc1ccc(Oc2nc(C(F)(F)F)ccc2CNC(=O)C(C)c2ccc(N(C)S(=O)O)c(F)c2)cc1. The number of halogens is 4. The molecule has 2 unspecified atom stereocenters. The van der Waals surface area contributed by atoms with Crippen LogP contribution in [0, 0.1) is 12.7 Å². The van der Waals surface area contributed by atoms with Crippen molar-refractivity contribution >= 4 is 22.9 Å². The van der Waals surface area contributed by atoms with Gasteiger partial charge < -0.3 is 10.1 Å². The third-order valence-corrected chi connectivity index (χ3v) is 6.02. The van der Waals surface area contributed by atoms with E-state index < -0.39 is 40.8 Å². The van der Waals surface area contributed by atoms with Crippen molar-refractivity contribution in [3.05, 3.63) is 82.8 Å². The normalized spacial score (nSPS) is 13.1. The molecule has 12 heteroatoms. The van der Waals surface area contributed by atoms with E-state index in [-0.39, 0.29) is 29.4 Å². The number of rotatable bonds is 8. The molecule has 0 aliphatic rings. The standard InChI is InChI=1S/C24H23F4N3O4S/c1-14-4-8-18(9-5-14)35-23-17(7-11-21(30-23)24(26,27)28)13-29-22(32)15(2)16-6-10-20(19(25)12-16)31(3)36(33)34/h4-12,15H,13H2,1-3H3,(H,29,32)(H,33,34). The summed E-state index contributed by atoms with van der Waals surface area (Å²) >= 11 is -2.42. The first-order valence-corrected chi connectivity index (χ1v) is 11.7. The Hall–Kier alpha value is -3.51. The van der Waals surface area contributed by atoms with Gasteiger partial charge in [0, 0.05) is 19.2 Å². The Bertz CT molecular complexity index is 1270. The molecule has 0 fully saturated rings. The van der Waals surface area contributed by atoms with Crippen LogP contribution in [0.2, 0.25) is 0 Å². The topological polar surface area (TPSA) is 91.8 Å². The van der Waals surface area contributed by atoms with Crippen molar-refractivity contribution < 1.29 is 35.9 Å². The van der Waals surface area contributed by atoms with Gasteiger partial charge in [0.05, 0.1) is 11.6 Å². The highest BCUT2D eigenvalue weighted by molar-refractivity contribution is 7.80. The number of alkyl halides is 3. The van der Waals surface area contributed by atoms with Crippen LogP contribution in [0.15, 0.2) is 54.6 Å². The molecule has 0 saturated carbocycles. The lowest BCUT2D eigenvalue weighted by molar-refractivity contribution is -0.141. The molecule has 36 heavy (non-hydrogen) atoms. The molecule has 0 spiro atoms. The van der Waals surface area contributed by atoms with Crippen LogP contribution < -0.4 is 14.4 Å². The second kappa shape index (κ2) is 11.0. The molecule has 3 rings (SSSR count). The third kappa shape index (κ3) is 6.58. The zero-order chi connectivity index (χ0) is 26.6. The van der Waals surface area contributed by atoms with E-state index in [0.29, 0.717) is 5.56 Å². The Balaban J connectivity index is 1.78. The summed E-state index contributed by atoms with van der Waals surface area (Å²) in [5.74, 6) is -2.18. The number of aryl methyl sites for hydroxylation is 1. The number of anilines is 1. The molecule has 0 radical (unpaired) electrons. The molecule has 2 aromatic carbocycles. The first-order valence-electron chi connectivity index (χ1n) is 10.6. The number of nitrogens with zero attached hydrogens (tertiary/aromatic N) is 2. The number of pyridine rings is 1. The highest BCUT2D eigenvalue weighted by Crippen LogP contribution is 2.32. The average molecular weight is 526 g/mol. The predicted molar refractivity (Wildman–Crippen MR) is 126 cm³/mol. The van der Waals surface area contributed by atoms with Crippen LogP contribution in [0.1, 0.15) is 35.2 Å². The van der Waals surface area contributed by atoms with Gasteiger partial charge in [-0.25, -0.2) is 13.6 Å². The monoisotopic (exact) mass is 525 g/mol. The molecular weight excluding hydrogens is 502 g/mol. The number of hydrogen-bond donors (Lipinski definition) is 2. The molecule has 0 saturated heterocycles. The Labute approximate surface area is 207 Å². The number of carbonyl (C=O) groups excluding carboxylic acids is 1. The van der Waals surface area contributed by atoms with E-state index in [1.807, 2.05) is 6.92 Å². The lowest BCUT2D eigenvalue weighted by Gasteiger charge is -2.18. The van der Waals surface area contributed by atoms with Crippen molar-refractivity contribution in [1.82, 2.24) is 10.3 Å². The van der Waals surface area contributed by atoms with Gasteiger partial charge in [0.2, 0.25) is 11.8 Å². The number of amides is 1. The number of nitrogens with one attached hydrogen (secondary N) is 1. The van der Waals surface area contributed by atoms with E-state index in [1.54, 1.807) is 24.3 Å². The number of aromatic nitrogens is 1. The molecule has 192 valence electrons. The summed E-state index contributed by atoms with van der Waals surface area (Å²) in [6, 6.07) is 12.4. The summed E-state index contributed by atoms with van der Waals surface area (Å²) < 4.78 is 80.7. The predicted octanol–water partition coefficient (Wildman–Crippen LogP) is 5.33. The molecule has 0 aliphatic carbocycles. The second-order valence-electron chi connectivity index (χ2n) is 7.95. The lowest BCUT2D eigenvalue weighted by atomic mass is 9.99. The van der Waals surface area contributed by atoms with Gasteiger partial charge in [-0.2, -0.15) is 13.2 Å². The summed E-state index contributed by atoms with van der Waals surface area (Å²) in [5.41, 5.74) is 0.171. The molecule has 2 atom stereocenters. The minimum atomic E-state index is -4.69. The maximum Gasteiger partial charge on any atom is 0.433 e. The fraction of sp³-hybridized carbons (Fsp3) is 0.250. The molecule has 3 aromatic rings. The number of carbonyl (C=O) groups is 1. The quantitative estimate of drug-likeness (QED) is 0.306. The van der Waals surface area contributed by atoms with Crippen LogP contribution in [-0.4, -0.2) is 26.7 Å². The van der Waals surface area contributed by atoms with Gasteiger partial charge in [0.1, 0.15) is 17.3 Å². The molecule has 0 aliphatic heterocycles. The summed E-state index contributed by atoms with van der Waals surface area (Å²) in [7, 11) is 1.23. The van der Waals surface area contributed by atoms with Crippen molar-refractivity contribution in [3.8, 4) is 11.6 Å². The number of hydrogen-bond acceptors (Lipinski definition) is 4. The third-order valence-electron chi connectivity index (χ3n) is 5.36. The molecule has 2 N–H and O–H groups in total. The van der Waals surface area contributed by atoms with Crippen LogP contribution in [0.25, 0.3) is 0 Å². The number of benzene rings is 2. The van der Waals surface area contributed by atoms with Crippen LogP contribution in [0.3, 0.4) is 0 Å². The molecule has 1 amide bonds. The Morgan fingerprint density at radius 2 is 1.83 bits per heavy atom. The first kappa shape index (κ1) is 27.1. The fourth-order valence-corrected chi connectivity index (χ4v) is 3.50. The largest absolute Gasteiger partial charge is 0.439 e. The number of ether oxygens (including phenoxy) is 1. The maximum atomic E-state index is 14.4. The van der Waals surface area contributed by atoms with Crippen molar-refractivity contribution in [1.29, 1.82) is 0 Å². The minimum absolute atomic E-state index is 0.124. The average Bonchev–Trinajstić information content (AvgIpc) is 2.82. The molecule has 1 aromatic heterocycles. The fourth-order valence-electron chi connectivity index (χ4n) is 3.19. The van der Waals surface area contributed by atoms with Gasteiger partial charge in [-0.15, -0.1) is 0 Å². The van der Waals surface area contributed by atoms with Crippen molar-refractivity contribution in [3.63, 3.8) is 0 Å².